The summed E-state index contributed by atoms with van der Waals surface area (Å²) in [5.74, 6) is 1.64. The highest BCUT2D eigenvalue weighted by Crippen LogP contribution is 2.28. The van der Waals surface area contributed by atoms with Crippen LogP contribution in [-0.2, 0) is 17.8 Å². The molecule has 222 valence electrons. The first-order valence-corrected chi connectivity index (χ1v) is 16.3. The fraction of sp³-hybridized carbons (Fsp3) is 0.545. The lowest BCUT2D eigenvalue weighted by atomic mass is 10.1. The van der Waals surface area contributed by atoms with E-state index in [0.29, 0.717) is 11.6 Å². The van der Waals surface area contributed by atoms with Crippen LogP contribution in [0.2, 0.25) is 5.02 Å². The van der Waals surface area contributed by atoms with Gasteiger partial charge in [0, 0.05) is 23.0 Å². The molecule has 1 N–H and O–H groups in total. The summed E-state index contributed by atoms with van der Waals surface area (Å²) in [6.07, 6.45) is 16.2. The van der Waals surface area contributed by atoms with Crippen LogP contribution in [0.25, 0.3) is 0 Å². The lowest BCUT2D eigenvalue weighted by Crippen LogP contribution is -2.20. The molecule has 1 aliphatic heterocycles. The Labute approximate surface area is 262 Å². The quantitative estimate of drug-likeness (QED) is 0.154. The smallest absolute Gasteiger partial charge is 0.228 e. The number of nitrogens with one attached hydrogen (secondary N) is 1. The van der Waals surface area contributed by atoms with Crippen LogP contribution in [0.3, 0.4) is 0 Å². The summed E-state index contributed by atoms with van der Waals surface area (Å²) in [4.78, 5) is 15.2. The van der Waals surface area contributed by atoms with Crippen molar-refractivity contribution in [1.82, 2.24) is 4.90 Å². The molecule has 0 radical (unpaired) electrons. The average Bonchev–Trinajstić information content (AvgIpc) is 3.33. The SMILES string of the molecule is Br.CCCCCCCCCCCCCCOc1ccc(CC(=O)Nc2ccccc2CN2CSC=C2C)c(Cl)c1. The van der Waals surface area contributed by atoms with Crippen LogP contribution < -0.4 is 10.1 Å². The van der Waals surface area contributed by atoms with Crippen molar-refractivity contribution in [2.45, 2.75) is 104 Å². The number of allylic oxidation sites excluding steroid dienone is 1. The minimum absolute atomic E-state index is 0. The molecule has 40 heavy (non-hydrogen) atoms. The molecule has 0 atom stereocenters. The third-order valence-electron chi connectivity index (χ3n) is 7.28. The molecule has 4 nitrogen and oxygen atoms in total. The molecule has 7 heteroatoms. The standard InChI is InChI=1S/C33H47ClN2O2S.BrH/c1-3-4-5-6-7-8-9-10-11-12-13-16-21-38-30-20-19-28(31(34)23-30)22-33(37)35-32-18-15-14-17-29(32)24-36-26-39-25-27(36)2;/h14-15,17-20,23,25H,3-13,16,21-22,24,26H2,1-2H3,(H,35,37);1H. The van der Waals surface area contributed by atoms with Crippen LogP contribution in [0.15, 0.2) is 53.6 Å². The maximum absolute atomic E-state index is 12.9. The highest BCUT2D eigenvalue weighted by atomic mass is 79.9. The Morgan fingerprint density at radius 3 is 2.20 bits per heavy atom. The molecule has 2 aromatic rings. The fourth-order valence-corrected chi connectivity index (χ4v) is 6.02. The summed E-state index contributed by atoms with van der Waals surface area (Å²) in [5.41, 5.74) is 4.02. The number of thioether (sulfide) groups is 1. The molecule has 0 unspecified atom stereocenters. The monoisotopic (exact) mass is 650 g/mol. The molecule has 1 aliphatic rings. The van der Waals surface area contributed by atoms with Crippen molar-refractivity contribution in [2.75, 3.05) is 17.8 Å². The lowest BCUT2D eigenvalue weighted by Gasteiger charge is -2.21. The first kappa shape index (κ1) is 34.6. The minimum atomic E-state index is -0.0717. The van der Waals surface area contributed by atoms with Crippen molar-refractivity contribution in [1.29, 1.82) is 0 Å². The number of nitrogens with zero attached hydrogens (tertiary/aromatic N) is 1. The Kier molecular flexibility index (Phi) is 17.5. The number of benzene rings is 2. The van der Waals surface area contributed by atoms with Gasteiger partial charge in [0.2, 0.25) is 5.91 Å². The Morgan fingerprint density at radius 2 is 1.57 bits per heavy atom. The molecule has 0 aromatic heterocycles. The molecule has 0 spiro atoms. The highest BCUT2D eigenvalue weighted by Gasteiger charge is 2.15. The average molecular weight is 652 g/mol. The van der Waals surface area contributed by atoms with E-state index in [1.807, 2.05) is 36.4 Å². The van der Waals surface area contributed by atoms with Crippen LogP contribution in [0.4, 0.5) is 5.69 Å². The third-order valence-corrected chi connectivity index (χ3v) is 8.60. The first-order chi connectivity index (χ1) is 19.1. The van der Waals surface area contributed by atoms with Crippen LogP contribution >= 0.6 is 40.3 Å². The lowest BCUT2D eigenvalue weighted by molar-refractivity contribution is -0.115. The van der Waals surface area contributed by atoms with Gasteiger partial charge in [-0.05, 0) is 48.1 Å². The number of carbonyl (C=O) groups is 1. The van der Waals surface area contributed by atoms with Crippen molar-refractivity contribution in [3.63, 3.8) is 0 Å². The van der Waals surface area contributed by atoms with Crippen molar-refractivity contribution in [2.24, 2.45) is 0 Å². The van der Waals surface area contributed by atoms with E-state index in [2.05, 4.69) is 35.5 Å². The zero-order chi connectivity index (χ0) is 27.7. The Bertz CT molecular complexity index is 1050. The Morgan fingerprint density at radius 1 is 0.925 bits per heavy atom. The van der Waals surface area contributed by atoms with Gasteiger partial charge < -0.3 is 15.0 Å². The van der Waals surface area contributed by atoms with E-state index >= 15 is 0 Å². The summed E-state index contributed by atoms with van der Waals surface area (Å²) in [6.45, 7) is 5.87. The summed E-state index contributed by atoms with van der Waals surface area (Å²) < 4.78 is 5.93. The normalized spacial score (nSPS) is 12.7. The summed E-state index contributed by atoms with van der Waals surface area (Å²) in [7, 11) is 0. The number of amides is 1. The first-order valence-electron chi connectivity index (χ1n) is 14.9. The molecule has 0 saturated carbocycles. The maximum Gasteiger partial charge on any atom is 0.228 e. The van der Waals surface area contributed by atoms with Crippen molar-refractivity contribution in [3.8, 4) is 5.75 Å². The largest absolute Gasteiger partial charge is 0.494 e. The summed E-state index contributed by atoms with van der Waals surface area (Å²) >= 11 is 8.32. The van der Waals surface area contributed by atoms with Gasteiger partial charge in [-0.3, -0.25) is 4.79 Å². The van der Waals surface area contributed by atoms with Crippen LogP contribution in [0.1, 0.15) is 102 Å². The zero-order valence-corrected chi connectivity index (χ0v) is 27.7. The molecular formula is C33H48BrClN2O2S. The van der Waals surface area contributed by atoms with E-state index in [4.69, 9.17) is 16.3 Å². The number of halogens is 2. The van der Waals surface area contributed by atoms with Gasteiger partial charge in [0.05, 0.1) is 18.9 Å². The van der Waals surface area contributed by atoms with Gasteiger partial charge in [0.1, 0.15) is 5.75 Å². The van der Waals surface area contributed by atoms with Crippen molar-refractivity contribution >= 4 is 51.9 Å². The van der Waals surface area contributed by atoms with E-state index in [9.17, 15) is 4.79 Å². The van der Waals surface area contributed by atoms with Gasteiger partial charge in [-0.25, -0.2) is 0 Å². The van der Waals surface area contributed by atoms with E-state index < -0.39 is 0 Å². The number of ether oxygens (including phenoxy) is 1. The molecule has 2 aromatic carbocycles. The topological polar surface area (TPSA) is 41.6 Å². The number of carbonyl (C=O) groups excluding carboxylic acids is 1. The Balaban J connectivity index is 0.00000560. The van der Waals surface area contributed by atoms with Crippen LogP contribution in [0.5, 0.6) is 5.75 Å². The van der Waals surface area contributed by atoms with Gasteiger partial charge in [-0.1, -0.05) is 113 Å². The maximum atomic E-state index is 12.9. The van der Waals surface area contributed by atoms with Gasteiger partial charge in [0.25, 0.3) is 0 Å². The van der Waals surface area contributed by atoms with E-state index in [0.717, 1.165) is 41.4 Å². The number of anilines is 1. The number of rotatable bonds is 19. The molecule has 0 bridgehead atoms. The molecule has 1 amide bonds. The minimum Gasteiger partial charge on any atom is -0.494 e. The second kappa shape index (κ2) is 20.3. The summed E-state index contributed by atoms with van der Waals surface area (Å²) in [6, 6.07) is 13.7. The number of para-hydroxylation sites is 1. The predicted molar refractivity (Wildman–Crippen MR) is 179 cm³/mol. The fourth-order valence-electron chi connectivity index (χ4n) is 4.84. The molecule has 0 saturated heterocycles. The van der Waals surface area contributed by atoms with Crippen LogP contribution in [0, 0.1) is 0 Å². The van der Waals surface area contributed by atoms with E-state index in [1.54, 1.807) is 11.8 Å². The molecule has 3 rings (SSSR count). The van der Waals surface area contributed by atoms with E-state index in [-0.39, 0.29) is 29.3 Å². The van der Waals surface area contributed by atoms with Crippen LogP contribution in [-0.4, -0.2) is 23.3 Å². The van der Waals surface area contributed by atoms with Gasteiger partial charge in [-0.15, -0.1) is 28.7 Å². The molecule has 0 aliphatic carbocycles. The molecular weight excluding hydrogens is 604 g/mol. The van der Waals surface area contributed by atoms with Crippen molar-refractivity contribution in [3.05, 3.63) is 69.7 Å². The predicted octanol–water partition coefficient (Wildman–Crippen LogP) is 10.5. The van der Waals surface area contributed by atoms with Gasteiger partial charge in [-0.2, -0.15) is 0 Å². The van der Waals surface area contributed by atoms with Gasteiger partial charge in [0.15, 0.2) is 0 Å². The highest BCUT2D eigenvalue weighted by molar-refractivity contribution is 8.93. The second-order valence-corrected chi connectivity index (χ2v) is 11.9. The number of hydrogen-bond donors (Lipinski definition) is 1. The zero-order valence-electron chi connectivity index (χ0n) is 24.4. The molecule has 1 heterocycles. The van der Waals surface area contributed by atoms with Gasteiger partial charge >= 0.3 is 0 Å². The third kappa shape index (κ3) is 12.9. The Hall–Kier alpha value is -1.63. The number of hydrogen-bond acceptors (Lipinski definition) is 4. The summed E-state index contributed by atoms with van der Waals surface area (Å²) in [5, 5.41) is 5.83. The van der Waals surface area contributed by atoms with Crippen molar-refractivity contribution < 1.29 is 9.53 Å². The molecule has 0 fully saturated rings. The second-order valence-electron chi connectivity index (χ2n) is 10.6. The number of unbranched alkanes of at least 4 members (excludes halogenated alkanes) is 11. The van der Waals surface area contributed by atoms with E-state index in [1.165, 1.54) is 76.3 Å².